The first-order valence-electron chi connectivity index (χ1n) is 23.7. The maximum atomic E-state index is 13.5. The number of hydrogen-bond acceptors (Lipinski definition) is 14. The van der Waals surface area contributed by atoms with Crippen LogP contribution >= 0.6 is 0 Å². The zero-order valence-corrected chi connectivity index (χ0v) is 41.1. The van der Waals surface area contributed by atoms with Crippen molar-refractivity contribution in [3.8, 4) is 11.5 Å². The molecule has 0 saturated carbocycles. The topological polar surface area (TPSA) is 422 Å². The maximum absolute atomic E-state index is 13.5. The Kier molecular flexibility index (Phi) is 20.0. The quantitative estimate of drug-likeness (QED) is 0.0404. The van der Waals surface area contributed by atoms with E-state index in [9.17, 15) is 38.4 Å². The highest BCUT2D eigenvalue weighted by atomic mass is 16.5. The van der Waals surface area contributed by atoms with Crippen molar-refractivity contribution < 1.29 is 47.8 Å². The van der Waals surface area contributed by atoms with Gasteiger partial charge in [-0.05, 0) is 105 Å². The van der Waals surface area contributed by atoms with Gasteiger partial charge in [0.1, 0.15) is 42.8 Å². The molecule has 0 spiro atoms. The van der Waals surface area contributed by atoms with Crippen LogP contribution in [0, 0.1) is 5.92 Å². The molecule has 0 saturated heterocycles. The van der Waals surface area contributed by atoms with E-state index < -0.39 is 65.4 Å². The van der Waals surface area contributed by atoms with Crippen LogP contribution < -0.4 is 81.5 Å². The van der Waals surface area contributed by atoms with Gasteiger partial charge in [-0.15, -0.1) is 0 Å². The molecule has 2 aliphatic rings. The number of fused-ring (bicyclic) bond motifs is 4. The molecule has 4 aromatic rings. The number of unbranched alkanes of at least 4 members (excludes halogenated alkanes) is 1. The van der Waals surface area contributed by atoms with Crippen LogP contribution in [0.4, 0.5) is 22.7 Å². The first kappa shape index (κ1) is 56.0. The lowest BCUT2D eigenvalue weighted by molar-refractivity contribution is -0.128. The van der Waals surface area contributed by atoms with E-state index in [1.807, 2.05) is 13.8 Å². The van der Waals surface area contributed by atoms with Crippen LogP contribution in [0.3, 0.4) is 0 Å². The van der Waals surface area contributed by atoms with Gasteiger partial charge in [-0.2, -0.15) is 0 Å². The van der Waals surface area contributed by atoms with Gasteiger partial charge in [-0.25, -0.2) is 0 Å². The van der Waals surface area contributed by atoms with Crippen molar-refractivity contribution >= 4 is 76.0 Å². The molecule has 0 aliphatic carbocycles. The summed E-state index contributed by atoms with van der Waals surface area (Å²) in [4.78, 5) is 106. The highest BCUT2D eigenvalue weighted by Gasteiger charge is 2.32. The number of carbonyl (C=O) groups is 8. The van der Waals surface area contributed by atoms with Crippen molar-refractivity contribution in [1.82, 2.24) is 21.3 Å². The molecule has 24 heteroatoms. The minimum Gasteiger partial charge on any atom is -0.488 e. The van der Waals surface area contributed by atoms with Crippen LogP contribution in [0.2, 0.25) is 0 Å². The molecule has 74 heavy (non-hydrogen) atoms. The SMILES string of the molecule is CC[C@H](C)[C@@H]1NC(=O)c2cc(N)ccc2OCc2ccc(C(N)=O)cc2NC(=O)[C@H](CCCN=C(N)N)NC1=O.NCCCC[C@@H]1NC(=O)CNC(=O)c2cc(N)ccc2OCc2ccc(C(N)=O)cc2NC1=O. The highest BCUT2D eigenvalue weighted by molar-refractivity contribution is 6.04. The van der Waals surface area contributed by atoms with Crippen LogP contribution in [0.25, 0.3) is 0 Å². The number of aliphatic imine (C=N–C) groups is 1. The zero-order chi connectivity index (χ0) is 54.1. The van der Waals surface area contributed by atoms with E-state index in [0.717, 1.165) is 0 Å². The van der Waals surface area contributed by atoms with Crippen LogP contribution in [0.5, 0.6) is 11.5 Å². The number of ether oxygens (including phenoxy) is 2. The lowest BCUT2D eigenvalue weighted by atomic mass is 9.97. The Balaban J connectivity index is 0.000000278. The summed E-state index contributed by atoms with van der Waals surface area (Å²) >= 11 is 0. The number of benzene rings is 4. The number of nitrogens with two attached hydrogens (primary N) is 7. The van der Waals surface area contributed by atoms with E-state index in [2.05, 4.69) is 36.9 Å². The number of rotatable bonds is 12. The minimum atomic E-state index is -1.01. The molecular formula is C50H64N14O10. The van der Waals surface area contributed by atoms with Gasteiger partial charge in [-0.3, -0.25) is 43.3 Å². The van der Waals surface area contributed by atoms with Crippen LogP contribution in [-0.2, 0) is 32.4 Å². The lowest BCUT2D eigenvalue weighted by Gasteiger charge is -2.27. The first-order valence-corrected chi connectivity index (χ1v) is 23.7. The molecule has 0 fully saturated rings. The molecule has 394 valence electrons. The molecule has 0 aromatic heterocycles. The largest absolute Gasteiger partial charge is 0.488 e. The fourth-order valence-electron chi connectivity index (χ4n) is 7.61. The van der Waals surface area contributed by atoms with Crippen molar-refractivity contribution in [1.29, 1.82) is 0 Å². The number of anilines is 4. The molecule has 4 aromatic carbocycles. The Morgan fingerprint density at radius 3 is 1.66 bits per heavy atom. The second-order valence-electron chi connectivity index (χ2n) is 17.5. The number of carbonyl (C=O) groups excluding carboxylic acids is 8. The summed E-state index contributed by atoms with van der Waals surface area (Å²) < 4.78 is 11.8. The van der Waals surface area contributed by atoms with Gasteiger partial charge in [-0.1, -0.05) is 32.4 Å². The molecule has 6 rings (SSSR count). The Morgan fingerprint density at radius 2 is 1.16 bits per heavy atom. The van der Waals surface area contributed by atoms with Crippen LogP contribution in [-0.4, -0.2) is 91.0 Å². The third kappa shape index (κ3) is 15.8. The lowest BCUT2D eigenvalue weighted by Crippen LogP contribution is -2.55. The van der Waals surface area contributed by atoms with Gasteiger partial charge in [0.2, 0.25) is 35.4 Å². The number of primary amides is 2. The molecular weight excluding hydrogens is 957 g/mol. The van der Waals surface area contributed by atoms with E-state index in [4.69, 9.17) is 49.6 Å². The fraction of sp³-hybridized carbons (Fsp3) is 0.340. The molecule has 24 nitrogen and oxygen atoms in total. The standard InChI is InChI=1S/C27H36N8O5.C23H28N6O5/c1-3-14(2)22-26(39)33-19(5-4-10-32-27(30)31)25(38)34-20-11-15(23(29)36)6-7-16(20)13-40-21-9-8-17(28)12-18(21)24(37)35-22;24-8-2-1-3-17-23(33)29-18-9-13(21(26)31)4-5-14(18)12-34-19-7-6-15(25)10-16(19)22(32)27-11-20(30)28-17/h6-9,11-12,14,19,22H,3-5,10,13,28H2,1-2H3,(H2,29,36)(H,33,39)(H,34,38)(H,35,37)(H4,30,31,32);4-7,9-10,17H,1-3,8,11-12,24-25H2,(H2,26,31)(H,27,32)(H,28,30)(H,29,33)/t14-,19-,22-;17-/m00/s1. The molecule has 0 bridgehead atoms. The maximum Gasteiger partial charge on any atom is 0.255 e. The van der Waals surface area contributed by atoms with Gasteiger partial charge in [0.25, 0.3) is 11.8 Å². The van der Waals surface area contributed by atoms with Crippen molar-refractivity contribution in [3.63, 3.8) is 0 Å². The number of guanidine groups is 1. The summed E-state index contributed by atoms with van der Waals surface area (Å²) in [6.07, 6.45) is 2.75. The van der Waals surface area contributed by atoms with E-state index in [-0.39, 0.29) is 84.0 Å². The normalized spacial score (nSPS) is 17.6. The highest BCUT2D eigenvalue weighted by Crippen LogP contribution is 2.28. The van der Waals surface area contributed by atoms with Crippen molar-refractivity contribution in [2.45, 2.75) is 83.7 Å². The van der Waals surface area contributed by atoms with Crippen LogP contribution in [0.1, 0.15) is 105 Å². The van der Waals surface area contributed by atoms with Gasteiger partial charge in [0, 0.05) is 51.5 Å². The Hall–Kier alpha value is -8.93. The summed E-state index contributed by atoms with van der Waals surface area (Å²) in [6.45, 7) is 3.95. The predicted octanol–water partition coefficient (Wildman–Crippen LogP) is 0.824. The molecule has 8 amide bonds. The number of nitrogens with zero attached hydrogens (tertiary/aromatic N) is 1. The molecule has 4 atom stereocenters. The van der Waals surface area contributed by atoms with Crippen LogP contribution in [0.15, 0.2) is 77.8 Å². The first-order chi connectivity index (χ1) is 35.3. The van der Waals surface area contributed by atoms with E-state index in [1.54, 1.807) is 36.4 Å². The van der Waals surface area contributed by atoms with E-state index in [1.165, 1.54) is 36.4 Å². The Labute approximate surface area is 426 Å². The zero-order valence-electron chi connectivity index (χ0n) is 41.1. The Morgan fingerprint density at radius 1 is 0.649 bits per heavy atom. The average molecular weight is 1020 g/mol. The molecule has 0 radical (unpaired) electrons. The van der Waals surface area contributed by atoms with Crippen molar-refractivity contribution in [2.75, 3.05) is 41.7 Å². The summed E-state index contributed by atoms with van der Waals surface area (Å²) in [6, 6.07) is 15.4. The summed E-state index contributed by atoms with van der Waals surface area (Å²) in [5.41, 5.74) is 41.9. The Bertz CT molecular complexity index is 2780. The number of amides is 8. The minimum absolute atomic E-state index is 0.0247. The average Bonchev–Trinajstić information content (AvgIpc) is 3.36. The third-order valence-electron chi connectivity index (χ3n) is 11.9. The summed E-state index contributed by atoms with van der Waals surface area (Å²) in [7, 11) is 0. The van der Waals surface area contributed by atoms with E-state index >= 15 is 0 Å². The third-order valence-corrected chi connectivity index (χ3v) is 11.9. The number of hydrogen-bond donors (Lipinski definition) is 13. The fourth-order valence-corrected chi connectivity index (χ4v) is 7.61. The van der Waals surface area contributed by atoms with Gasteiger partial charge in [0.15, 0.2) is 5.96 Å². The second-order valence-corrected chi connectivity index (χ2v) is 17.5. The molecule has 20 N–H and O–H groups in total. The summed E-state index contributed by atoms with van der Waals surface area (Å²) in [5, 5.41) is 16.3. The molecule has 0 unspecified atom stereocenters. The monoisotopic (exact) mass is 1020 g/mol. The van der Waals surface area contributed by atoms with Crippen molar-refractivity contribution in [3.05, 3.63) is 106 Å². The number of nitrogen functional groups attached to an aromatic ring is 2. The van der Waals surface area contributed by atoms with Gasteiger partial charge in [0.05, 0.1) is 17.7 Å². The molecule has 2 aliphatic heterocycles. The predicted molar refractivity (Wildman–Crippen MR) is 277 cm³/mol. The number of nitrogens with one attached hydrogen (secondary N) is 6. The smallest absolute Gasteiger partial charge is 0.255 e. The summed E-state index contributed by atoms with van der Waals surface area (Å²) in [5.74, 6) is -4.47. The van der Waals surface area contributed by atoms with Gasteiger partial charge >= 0.3 is 0 Å². The van der Waals surface area contributed by atoms with E-state index in [0.29, 0.717) is 66.8 Å². The molecule has 2 heterocycles. The van der Waals surface area contributed by atoms with Gasteiger partial charge < -0.3 is 81.5 Å². The van der Waals surface area contributed by atoms with Crippen molar-refractivity contribution in [2.24, 2.45) is 39.6 Å². The second kappa shape index (κ2) is 26.5.